The van der Waals surface area contributed by atoms with E-state index in [-0.39, 0.29) is 0 Å². The van der Waals surface area contributed by atoms with Crippen molar-refractivity contribution in [3.8, 4) is 0 Å². The summed E-state index contributed by atoms with van der Waals surface area (Å²) in [5, 5.41) is 3.56. The molecule has 1 N–H and O–H groups in total. The molecule has 2 rings (SSSR count). The summed E-state index contributed by atoms with van der Waals surface area (Å²) >= 11 is 3.70. The topological polar surface area (TPSA) is 15.3 Å². The van der Waals surface area contributed by atoms with Gasteiger partial charge in [-0.25, -0.2) is 0 Å². The van der Waals surface area contributed by atoms with Crippen LogP contribution in [0.3, 0.4) is 0 Å². The molecule has 2 nitrogen and oxygen atoms in total. The minimum atomic E-state index is 0.539. The van der Waals surface area contributed by atoms with E-state index in [0.29, 0.717) is 6.04 Å². The van der Waals surface area contributed by atoms with Crippen molar-refractivity contribution in [2.45, 2.75) is 52.2 Å². The van der Waals surface area contributed by atoms with Crippen molar-refractivity contribution in [3.63, 3.8) is 0 Å². The molecular weight excluding hydrogens is 288 g/mol. The predicted molar refractivity (Wildman–Crippen MR) is 82.2 cm³/mol. The maximum absolute atomic E-state index is 3.70. The van der Waals surface area contributed by atoms with Crippen LogP contribution in [0.1, 0.15) is 39.2 Å². The molecule has 3 heteroatoms. The smallest absolute Gasteiger partial charge is 0.0379 e. The first kappa shape index (κ1) is 13.9. The van der Waals surface area contributed by atoms with Crippen LogP contribution in [0, 0.1) is 0 Å². The first-order valence-corrected chi connectivity index (χ1v) is 7.69. The Labute approximate surface area is 119 Å². The van der Waals surface area contributed by atoms with Crippen LogP contribution in [0.2, 0.25) is 0 Å². The summed E-state index contributed by atoms with van der Waals surface area (Å²) < 4.78 is 1.22. The molecule has 1 aromatic rings. The molecule has 0 spiro atoms. The summed E-state index contributed by atoms with van der Waals surface area (Å²) in [6.07, 6.45) is 2.68. The molecule has 0 saturated heterocycles. The Kier molecular flexibility index (Phi) is 4.68. The van der Waals surface area contributed by atoms with Gasteiger partial charge in [0.2, 0.25) is 0 Å². The van der Waals surface area contributed by atoms with Crippen molar-refractivity contribution in [2.24, 2.45) is 0 Å². The molecule has 0 bridgehead atoms. The van der Waals surface area contributed by atoms with E-state index >= 15 is 0 Å². The SMILES string of the molecule is CCN(c1ccc(CNC2CC2)c(Br)c1)C(C)C. The van der Waals surface area contributed by atoms with Gasteiger partial charge in [0.05, 0.1) is 0 Å². The monoisotopic (exact) mass is 310 g/mol. The molecular formula is C15H23BrN2. The van der Waals surface area contributed by atoms with E-state index in [1.807, 2.05) is 0 Å². The fourth-order valence-electron chi connectivity index (χ4n) is 2.25. The summed E-state index contributed by atoms with van der Waals surface area (Å²) in [5.74, 6) is 0. The van der Waals surface area contributed by atoms with Gasteiger partial charge in [-0.2, -0.15) is 0 Å². The van der Waals surface area contributed by atoms with E-state index in [4.69, 9.17) is 0 Å². The normalized spacial score (nSPS) is 15.2. The molecule has 100 valence electrons. The van der Waals surface area contributed by atoms with Crippen LogP contribution in [-0.4, -0.2) is 18.6 Å². The molecule has 1 saturated carbocycles. The Morgan fingerprint density at radius 2 is 2.11 bits per heavy atom. The molecule has 1 fully saturated rings. The van der Waals surface area contributed by atoms with Crippen molar-refractivity contribution in [3.05, 3.63) is 28.2 Å². The zero-order chi connectivity index (χ0) is 13.1. The minimum Gasteiger partial charge on any atom is -0.369 e. The lowest BCUT2D eigenvalue weighted by Gasteiger charge is -2.28. The Hall–Kier alpha value is -0.540. The summed E-state index contributed by atoms with van der Waals surface area (Å²) in [4.78, 5) is 2.41. The van der Waals surface area contributed by atoms with Gasteiger partial charge in [0.15, 0.2) is 0 Å². The van der Waals surface area contributed by atoms with Gasteiger partial charge < -0.3 is 10.2 Å². The quantitative estimate of drug-likeness (QED) is 0.856. The number of halogens is 1. The fourth-order valence-corrected chi connectivity index (χ4v) is 2.75. The molecule has 0 heterocycles. The van der Waals surface area contributed by atoms with Gasteiger partial charge in [0.1, 0.15) is 0 Å². The largest absolute Gasteiger partial charge is 0.369 e. The second-order valence-corrected chi connectivity index (χ2v) is 6.16. The number of benzene rings is 1. The zero-order valence-corrected chi connectivity index (χ0v) is 13.1. The molecule has 0 aromatic heterocycles. The lowest BCUT2D eigenvalue weighted by molar-refractivity contribution is 0.683. The predicted octanol–water partition coefficient (Wildman–Crippen LogP) is 3.94. The Morgan fingerprint density at radius 3 is 2.61 bits per heavy atom. The number of hydrogen-bond donors (Lipinski definition) is 1. The summed E-state index contributed by atoms with van der Waals surface area (Å²) in [6, 6.07) is 8.02. The van der Waals surface area contributed by atoms with Crippen LogP contribution in [0.15, 0.2) is 22.7 Å². The van der Waals surface area contributed by atoms with Gasteiger partial charge in [-0.15, -0.1) is 0 Å². The van der Waals surface area contributed by atoms with Gasteiger partial charge in [0.25, 0.3) is 0 Å². The maximum atomic E-state index is 3.70. The number of hydrogen-bond acceptors (Lipinski definition) is 2. The van der Waals surface area contributed by atoms with Gasteiger partial charge >= 0.3 is 0 Å². The Morgan fingerprint density at radius 1 is 1.39 bits per heavy atom. The second-order valence-electron chi connectivity index (χ2n) is 5.31. The highest BCUT2D eigenvalue weighted by atomic mass is 79.9. The number of nitrogens with zero attached hydrogens (tertiary/aromatic N) is 1. The van der Waals surface area contributed by atoms with Crippen LogP contribution >= 0.6 is 15.9 Å². The average Bonchev–Trinajstić information content (AvgIpc) is 3.12. The molecule has 1 aliphatic rings. The molecule has 0 atom stereocenters. The lowest BCUT2D eigenvalue weighted by atomic mass is 10.1. The van der Waals surface area contributed by atoms with Crippen LogP contribution in [-0.2, 0) is 6.54 Å². The van der Waals surface area contributed by atoms with Crippen molar-refractivity contribution >= 4 is 21.6 Å². The third kappa shape index (κ3) is 3.48. The van der Waals surface area contributed by atoms with E-state index in [9.17, 15) is 0 Å². The first-order valence-electron chi connectivity index (χ1n) is 6.90. The van der Waals surface area contributed by atoms with Gasteiger partial charge in [-0.05, 0) is 51.3 Å². The lowest BCUT2D eigenvalue weighted by Crippen LogP contribution is -2.30. The van der Waals surface area contributed by atoms with Crippen molar-refractivity contribution in [2.75, 3.05) is 11.4 Å². The van der Waals surface area contributed by atoms with Crippen LogP contribution in [0.4, 0.5) is 5.69 Å². The van der Waals surface area contributed by atoms with Crippen LogP contribution < -0.4 is 10.2 Å². The van der Waals surface area contributed by atoms with E-state index in [0.717, 1.165) is 19.1 Å². The summed E-state index contributed by atoms with van der Waals surface area (Å²) in [7, 11) is 0. The Balaban J connectivity index is 2.07. The third-order valence-corrected chi connectivity index (χ3v) is 4.23. The van der Waals surface area contributed by atoms with E-state index in [2.05, 4.69) is 65.1 Å². The second kappa shape index (κ2) is 6.07. The molecule has 1 aliphatic carbocycles. The summed E-state index contributed by atoms with van der Waals surface area (Å²) in [6.45, 7) is 8.69. The number of nitrogens with one attached hydrogen (secondary N) is 1. The average molecular weight is 311 g/mol. The van der Waals surface area contributed by atoms with E-state index < -0.39 is 0 Å². The third-order valence-electron chi connectivity index (χ3n) is 3.49. The molecule has 0 radical (unpaired) electrons. The van der Waals surface area contributed by atoms with Gasteiger partial charge in [0, 0.05) is 35.3 Å². The minimum absolute atomic E-state index is 0.539. The molecule has 1 aromatic carbocycles. The van der Waals surface area contributed by atoms with Gasteiger partial charge in [-0.3, -0.25) is 0 Å². The van der Waals surface area contributed by atoms with Crippen LogP contribution in [0.25, 0.3) is 0 Å². The highest BCUT2D eigenvalue weighted by molar-refractivity contribution is 9.10. The molecule has 0 unspecified atom stereocenters. The molecule has 0 aliphatic heterocycles. The van der Waals surface area contributed by atoms with Crippen LogP contribution in [0.5, 0.6) is 0 Å². The van der Waals surface area contributed by atoms with Crippen molar-refractivity contribution < 1.29 is 0 Å². The number of rotatable bonds is 6. The Bertz CT molecular complexity index is 399. The fraction of sp³-hybridized carbons (Fsp3) is 0.600. The highest BCUT2D eigenvalue weighted by Gasteiger charge is 2.20. The zero-order valence-electron chi connectivity index (χ0n) is 11.5. The first-order chi connectivity index (χ1) is 8.61. The number of anilines is 1. The molecule has 0 amide bonds. The van der Waals surface area contributed by atoms with Crippen molar-refractivity contribution in [1.82, 2.24) is 5.32 Å². The summed E-state index contributed by atoms with van der Waals surface area (Å²) in [5.41, 5.74) is 2.65. The standard InChI is InChI=1S/C15H23BrN2/c1-4-18(11(2)3)14-8-5-12(15(16)9-14)10-17-13-6-7-13/h5,8-9,11,13,17H,4,6-7,10H2,1-3H3. The van der Waals surface area contributed by atoms with E-state index in [1.54, 1.807) is 0 Å². The highest BCUT2D eigenvalue weighted by Crippen LogP contribution is 2.26. The van der Waals surface area contributed by atoms with E-state index in [1.165, 1.54) is 28.6 Å². The molecule has 18 heavy (non-hydrogen) atoms. The maximum Gasteiger partial charge on any atom is 0.0379 e. The van der Waals surface area contributed by atoms with Crippen molar-refractivity contribution in [1.29, 1.82) is 0 Å². The van der Waals surface area contributed by atoms with Gasteiger partial charge in [-0.1, -0.05) is 22.0 Å².